The molecule has 0 saturated heterocycles. The van der Waals surface area contributed by atoms with Gasteiger partial charge in [0.1, 0.15) is 5.49 Å². The van der Waals surface area contributed by atoms with Crippen LogP contribution in [-0.4, -0.2) is 21.5 Å². The average Bonchev–Trinajstić information content (AvgIpc) is 3.34. The number of carbonyl (C=O) groups excluding carboxylic acids is 1. The van der Waals surface area contributed by atoms with Gasteiger partial charge in [-0.1, -0.05) is 19.3 Å². The van der Waals surface area contributed by atoms with Crippen LogP contribution in [0.5, 0.6) is 0 Å². The third-order valence-electron chi connectivity index (χ3n) is 4.86. The van der Waals surface area contributed by atoms with E-state index in [0.717, 1.165) is 40.4 Å². The first-order valence-electron chi connectivity index (χ1n) is 9.44. The maximum atomic E-state index is 12.9. The molecule has 5 nitrogen and oxygen atoms in total. The van der Waals surface area contributed by atoms with Gasteiger partial charge in [-0.05, 0) is 49.6 Å². The van der Waals surface area contributed by atoms with Crippen molar-refractivity contribution in [3.05, 3.63) is 58.9 Å². The van der Waals surface area contributed by atoms with Crippen molar-refractivity contribution in [2.24, 2.45) is 4.99 Å². The number of pyridine rings is 1. The van der Waals surface area contributed by atoms with E-state index in [0.29, 0.717) is 6.04 Å². The van der Waals surface area contributed by atoms with Gasteiger partial charge in [-0.3, -0.25) is 14.4 Å². The summed E-state index contributed by atoms with van der Waals surface area (Å²) >= 11 is 1.49. The summed E-state index contributed by atoms with van der Waals surface area (Å²) in [6.07, 6.45) is 9.67. The highest BCUT2D eigenvalue weighted by atomic mass is 32.1. The summed E-state index contributed by atoms with van der Waals surface area (Å²) < 4.78 is 7.06. The van der Waals surface area contributed by atoms with E-state index in [4.69, 9.17) is 9.41 Å². The number of furan rings is 1. The van der Waals surface area contributed by atoms with Crippen molar-refractivity contribution in [2.75, 3.05) is 0 Å². The van der Waals surface area contributed by atoms with Gasteiger partial charge in [0, 0.05) is 11.6 Å². The van der Waals surface area contributed by atoms with Crippen LogP contribution in [0.3, 0.4) is 0 Å². The molecule has 27 heavy (non-hydrogen) atoms. The predicted molar refractivity (Wildman–Crippen MR) is 106 cm³/mol. The second-order valence-electron chi connectivity index (χ2n) is 7.05. The molecular weight excluding hydrogens is 358 g/mol. The number of hydrogen-bond acceptors (Lipinski definition) is 5. The van der Waals surface area contributed by atoms with E-state index < -0.39 is 0 Å². The maximum Gasteiger partial charge on any atom is 0.238 e. The molecule has 0 atom stereocenters. The van der Waals surface area contributed by atoms with Crippen molar-refractivity contribution in [1.82, 2.24) is 9.55 Å². The maximum absolute atomic E-state index is 12.9. The van der Waals surface area contributed by atoms with E-state index in [1.165, 1.54) is 30.6 Å². The number of nitrogens with zero attached hydrogens (tertiary/aromatic N) is 3. The summed E-state index contributed by atoms with van der Waals surface area (Å²) in [5, 5.41) is 2.71. The number of aromatic nitrogens is 2. The minimum atomic E-state index is -0.0131. The first-order chi connectivity index (χ1) is 13.2. The number of hydrogen-bond donors (Lipinski definition) is 0. The Morgan fingerprint density at radius 2 is 2.19 bits per heavy atom. The molecule has 0 aromatic carbocycles. The Kier molecular flexibility index (Phi) is 5.34. The summed E-state index contributed by atoms with van der Waals surface area (Å²) in [5.41, 5.74) is 2.63. The van der Waals surface area contributed by atoms with Crippen molar-refractivity contribution in [1.29, 1.82) is 0 Å². The molecule has 1 aliphatic rings. The SMILES string of the molecule is Cc1ccn(C(=O)Cc2csc(-c3ccco3)n2)c(=NC2CCCCC2)c1. The van der Waals surface area contributed by atoms with Gasteiger partial charge in [-0.15, -0.1) is 11.3 Å². The molecule has 3 heterocycles. The van der Waals surface area contributed by atoms with Crippen molar-refractivity contribution in [2.45, 2.75) is 51.5 Å². The smallest absolute Gasteiger partial charge is 0.238 e. The molecule has 3 aromatic rings. The molecule has 140 valence electrons. The Morgan fingerprint density at radius 3 is 2.96 bits per heavy atom. The summed E-state index contributed by atoms with van der Waals surface area (Å²) in [7, 11) is 0. The van der Waals surface area contributed by atoms with Crippen LogP contribution in [0.2, 0.25) is 0 Å². The standard InChI is InChI=1S/C21H23N3O2S/c1-15-9-10-24(19(12-15)22-16-6-3-2-4-7-16)20(25)13-17-14-27-21(23-17)18-8-5-11-26-18/h5,8-12,14,16H,2-4,6-7,13H2,1H3. The van der Waals surface area contributed by atoms with E-state index in [9.17, 15) is 4.79 Å². The van der Waals surface area contributed by atoms with Crippen LogP contribution in [0.15, 0.2) is 51.5 Å². The molecular formula is C21H23N3O2S. The predicted octanol–water partition coefficient (Wildman–Crippen LogP) is 4.63. The number of aryl methyl sites for hydroxylation is 1. The van der Waals surface area contributed by atoms with Crippen LogP contribution in [0, 0.1) is 6.92 Å². The fraction of sp³-hybridized carbons (Fsp3) is 0.381. The second-order valence-corrected chi connectivity index (χ2v) is 7.90. The molecule has 0 unspecified atom stereocenters. The summed E-state index contributed by atoms with van der Waals surface area (Å²) in [5.74, 6) is 0.718. The lowest BCUT2D eigenvalue weighted by Gasteiger charge is -2.18. The van der Waals surface area contributed by atoms with Crippen LogP contribution in [0.1, 0.15) is 48.2 Å². The number of rotatable bonds is 4. The molecule has 0 N–H and O–H groups in total. The molecule has 0 spiro atoms. The Bertz CT molecular complexity index is 979. The van der Waals surface area contributed by atoms with E-state index in [1.54, 1.807) is 10.8 Å². The highest BCUT2D eigenvalue weighted by molar-refractivity contribution is 7.13. The zero-order valence-corrected chi connectivity index (χ0v) is 16.2. The number of carbonyl (C=O) groups is 1. The summed E-state index contributed by atoms with van der Waals surface area (Å²) in [4.78, 5) is 22.4. The van der Waals surface area contributed by atoms with Crippen LogP contribution >= 0.6 is 11.3 Å². The molecule has 1 saturated carbocycles. The molecule has 0 amide bonds. The molecule has 6 heteroatoms. The largest absolute Gasteiger partial charge is 0.462 e. The average molecular weight is 382 g/mol. The van der Waals surface area contributed by atoms with E-state index >= 15 is 0 Å². The van der Waals surface area contributed by atoms with Crippen LogP contribution < -0.4 is 5.49 Å². The number of thiazole rings is 1. The topological polar surface area (TPSA) is 60.4 Å². The van der Waals surface area contributed by atoms with Gasteiger partial charge in [-0.2, -0.15) is 0 Å². The fourth-order valence-electron chi connectivity index (χ4n) is 3.44. The van der Waals surface area contributed by atoms with E-state index in [2.05, 4.69) is 4.98 Å². The van der Waals surface area contributed by atoms with Gasteiger partial charge in [-0.25, -0.2) is 4.98 Å². The summed E-state index contributed by atoms with van der Waals surface area (Å²) in [6, 6.07) is 7.99. The van der Waals surface area contributed by atoms with Crippen molar-refractivity contribution in [3.8, 4) is 10.8 Å². The van der Waals surface area contributed by atoms with Crippen molar-refractivity contribution in [3.63, 3.8) is 0 Å². The minimum absolute atomic E-state index is 0.0131. The van der Waals surface area contributed by atoms with Crippen molar-refractivity contribution >= 4 is 17.2 Å². The highest BCUT2D eigenvalue weighted by Gasteiger charge is 2.15. The van der Waals surface area contributed by atoms with Gasteiger partial charge < -0.3 is 4.42 Å². The quantitative estimate of drug-likeness (QED) is 0.662. The van der Waals surface area contributed by atoms with Crippen molar-refractivity contribution < 1.29 is 9.21 Å². The normalized spacial score (nSPS) is 16.0. The molecule has 1 aliphatic carbocycles. The third kappa shape index (κ3) is 4.27. The van der Waals surface area contributed by atoms with E-state index in [-0.39, 0.29) is 12.3 Å². The van der Waals surface area contributed by atoms with Crippen LogP contribution in [-0.2, 0) is 6.42 Å². The Morgan fingerprint density at radius 1 is 1.33 bits per heavy atom. The van der Waals surface area contributed by atoms with Crippen LogP contribution in [0.4, 0.5) is 0 Å². The fourth-order valence-corrected chi connectivity index (χ4v) is 4.22. The highest BCUT2D eigenvalue weighted by Crippen LogP contribution is 2.24. The first kappa shape index (κ1) is 17.9. The van der Waals surface area contributed by atoms with Crippen LogP contribution in [0.25, 0.3) is 10.8 Å². The molecule has 4 rings (SSSR count). The zero-order chi connectivity index (χ0) is 18.6. The lowest BCUT2D eigenvalue weighted by atomic mass is 9.96. The Balaban J connectivity index is 1.57. The Labute approximate surface area is 162 Å². The molecule has 0 radical (unpaired) electrons. The molecule has 0 aliphatic heterocycles. The van der Waals surface area contributed by atoms with Gasteiger partial charge in [0.15, 0.2) is 10.8 Å². The monoisotopic (exact) mass is 381 g/mol. The minimum Gasteiger partial charge on any atom is -0.462 e. The zero-order valence-electron chi connectivity index (χ0n) is 15.4. The van der Waals surface area contributed by atoms with Gasteiger partial charge in [0.2, 0.25) is 5.91 Å². The molecule has 1 fully saturated rings. The molecule has 0 bridgehead atoms. The van der Waals surface area contributed by atoms with E-state index in [1.807, 2.05) is 42.8 Å². The van der Waals surface area contributed by atoms with Gasteiger partial charge >= 0.3 is 0 Å². The summed E-state index contributed by atoms with van der Waals surface area (Å²) in [6.45, 7) is 2.03. The third-order valence-corrected chi connectivity index (χ3v) is 5.77. The van der Waals surface area contributed by atoms with Gasteiger partial charge in [0.25, 0.3) is 0 Å². The second kappa shape index (κ2) is 8.05. The lowest BCUT2D eigenvalue weighted by Crippen LogP contribution is -2.30. The lowest BCUT2D eigenvalue weighted by molar-refractivity contribution is 0.0907. The first-order valence-corrected chi connectivity index (χ1v) is 10.3. The molecule has 3 aromatic heterocycles. The van der Waals surface area contributed by atoms with Gasteiger partial charge in [0.05, 0.1) is 24.4 Å². The Hall–Kier alpha value is -2.47.